The van der Waals surface area contributed by atoms with Crippen molar-refractivity contribution in [2.75, 3.05) is 13.1 Å². The smallest absolute Gasteiger partial charge is 0.264 e. The average Bonchev–Trinajstić information content (AvgIpc) is 2.54. The fourth-order valence-electron chi connectivity index (χ4n) is 3.04. The van der Waals surface area contributed by atoms with Gasteiger partial charge < -0.3 is 10.6 Å². The minimum atomic E-state index is -0.461. The normalized spacial score (nSPS) is 18.5. The Balaban J connectivity index is 1.86. The highest BCUT2D eigenvalue weighted by molar-refractivity contribution is 5.94. The van der Waals surface area contributed by atoms with Crippen molar-refractivity contribution in [3.8, 4) is 0 Å². The zero-order chi connectivity index (χ0) is 17.0. The first-order chi connectivity index (χ1) is 10.9. The highest BCUT2D eigenvalue weighted by Crippen LogP contribution is 2.28. The summed E-state index contributed by atoms with van der Waals surface area (Å²) in [5.41, 5.74) is 5.61. The van der Waals surface area contributed by atoms with Crippen molar-refractivity contribution in [3.63, 3.8) is 0 Å². The summed E-state index contributed by atoms with van der Waals surface area (Å²) >= 11 is 0. The predicted octanol–water partition coefficient (Wildman–Crippen LogP) is 0.565. The molecule has 0 aliphatic carbocycles. The molecule has 2 atom stereocenters. The number of piperidine rings is 1. The van der Waals surface area contributed by atoms with E-state index in [0.717, 1.165) is 12.8 Å². The number of nitrogens with one attached hydrogen (secondary N) is 1. The molecule has 0 radical (unpaired) electrons. The monoisotopic (exact) mass is 320 g/mol. The zero-order valence-corrected chi connectivity index (χ0v) is 13.6. The van der Waals surface area contributed by atoms with Crippen LogP contribution >= 0.6 is 0 Å². The van der Waals surface area contributed by atoms with Gasteiger partial charge in [0, 0.05) is 25.6 Å². The Morgan fingerprint density at radius 2 is 2.00 bits per heavy atom. The van der Waals surface area contributed by atoms with E-state index in [2.05, 4.69) is 17.1 Å². The number of aromatic amines is 1. The number of hydrogen-bond acceptors (Lipinski definition) is 5. The number of nitrogens with two attached hydrogens (primary N) is 1. The Bertz CT molecular complexity index is 598. The summed E-state index contributed by atoms with van der Waals surface area (Å²) < 4.78 is 0. The van der Waals surface area contributed by atoms with Gasteiger partial charge in [0.2, 0.25) is 5.91 Å². The molecular formula is C16H24N4O3. The maximum Gasteiger partial charge on any atom is 0.264 e. The van der Waals surface area contributed by atoms with E-state index in [-0.39, 0.29) is 23.2 Å². The number of aromatic nitrogens is 2. The summed E-state index contributed by atoms with van der Waals surface area (Å²) in [7, 11) is 0. The van der Waals surface area contributed by atoms with Crippen molar-refractivity contribution in [2.24, 2.45) is 17.6 Å². The molecule has 3 N–H and O–H groups in total. The van der Waals surface area contributed by atoms with Gasteiger partial charge in [-0.3, -0.25) is 14.4 Å². The molecule has 23 heavy (non-hydrogen) atoms. The summed E-state index contributed by atoms with van der Waals surface area (Å²) in [6, 6.07) is 2.30. The highest BCUT2D eigenvalue weighted by Gasteiger charge is 2.28. The lowest BCUT2D eigenvalue weighted by atomic mass is 9.82. The average molecular weight is 320 g/mol. The fraction of sp³-hybridized carbons (Fsp3) is 0.625. The van der Waals surface area contributed by atoms with Gasteiger partial charge in [0.15, 0.2) is 5.78 Å². The summed E-state index contributed by atoms with van der Waals surface area (Å²) in [6.45, 7) is 5.14. The summed E-state index contributed by atoms with van der Waals surface area (Å²) in [5.74, 6) is 0.537. The third-order valence-electron chi connectivity index (χ3n) is 4.52. The Morgan fingerprint density at radius 3 is 2.52 bits per heavy atom. The molecule has 1 unspecified atom stereocenters. The van der Waals surface area contributed by atoms with Gasteiger partial charge in [0.05, 0.1) is 6.04 Å². The minimum Gasteiger partial charge on any atom is -0.341 e. The molecule has 1 aromatic rings. The Morgan fingerprint density at radius 1 is 1.35 bits per heavy atom. The molecule has 2 heterocycles. The van der Waals surface area contributed by atoms with Gasteiger partial charge in [-0.1, -0.05) is 6.92 Å². The SMILES string of the molecule is CC(CC(=O)c1ccc(=O)[nH]n1)C1CCN(C(=O)[C@H](C)N)CC1. The van der Waals surface area contributed by atoms with Crippen LogP contribution in [0.25, 0.3) is 0 Å². The molecular weight excluding hydrogens is 296 g/mol. The number of Topliss-reactive ketones (excluding diaryl/α,β-unsaturated/α-hetero) is 1. The summed E-state index contributed by atoms with van der Waals surface area (Å²) in [6.07, 6.45) is 2.16. The first-order valence-electron chi connectivity index (χ1n) is 8.01. The van der Waals surface area contributed by atoms with Crippen LogP contribution in [-0.2, 0) is 4.79 Å². The molecule has 1 aliphatic rings. The molecule has 7 heteroatoms. The Kier molecular flexibility index (Phi) is 5.65. The molecule has 1 saturated heterocycles. The number of ketones is 1. The van der Waals surface area contributed by atoms with Crippen molar-refractivity contribution in [3.05, 3.63) is 28.2 Å². The molecule has 0 bridgehead atoms. The van der Waals surface area contributed by atoms with E-state index in [0.29, 0.717) is 31.1 Å². The van der Waals surface area contributed by atoms with Crippen LogP contribution in [0.15, 0.2) is 16.9 Å². The van der Waals surface area contributed by atoms with Crippen LogP contribution in [0, 0.1) is 11.8 Å². The molecule has 0 saturated carbocycles. The van der Waals surface area contributed by atoms with Gasteiger partial charge in [-0.2, -0.15) is 5.10 Å². The van der Waals surface area contributed by atoms with Crippen LogP contribution in [0.1, 0.15) is 43.6 Å². The van der Waals surface area contributed by atoms with E-state index < -0.39 is 6.04 Å². The third-order valence-corrected chi connectivity index (χ3v) is 4.52. The molecule has 0 aromatic carbocycles. The maximum atomic E-state index is 12.2. The second kappa shape index (κ2) is 7.50. The van der Waals surface area contributed by atoms with Crippen LogP contribution in [0.3, 0.4) is 0 Å². The van der Waals surface area contributed by atoms with Gasteiger partial charge in [0.25, 0.3) is 5.56 Å². The standard InChI is InChI=1S/C16H24N4O3/c1-10(9-14(21)13-3-4-15(22)19-18-13)12-5-7-20(8-6-12)16(23)11(2)17/h3-4,10-12H,5-9,17H2,1-2H3,(H,19,22)/t10?,11-/m0/s1. The van der Waals surface area contributed by atoms with E-state index in [1.54, 1.807) is 11.8 Å². The predicted molar refractivity (Wildman–Crippen MR) is 85.9 cm³/mol. The lowest BCUT2D eigenvalue weighted by Gasteiger charge is -2.35. The molecule has 2 rings (SSSR count). The number of carbonyl (C=O) groups excluding carboxylic acids is 2. The molecule has 7 nitrogen and oxygen atoms in total. The molecule has 1 amide bonds. The molecule has 1 aliphatic heterocycles. The van der Waals surface area contributed by atoms with Crippen molar-refractivity contribution < 1.29 is 9.59 Å². The fourth-order valence-corrected chi connectivity index (χ4v) is 3.04. The van der Waals surface area contributed by atoms with E-state index in [4.69, 9.17) is 5.73 Å². The van der Waals surface area contributed by atoms with Crippen molar-refractivity contribution in [1.82, 2.24) is 15.1 Å². The van der Waals surface area contributed by atoms with Crippen molar-refractivity contribution in [2.45, 2.75) is 39.2 Å². The number of carbonyl (C=O) groups is 2. The third kappa shape index (κ3) is 4.48. The molecule has 0 spiro atoms. The number of H-pyrrole nitrogens is 1. The Labute approximate surface area is 135 Å². The number of likely N-dealkylation sites (tertiary alicyclic amines) is 1. The van der Waals surface area contributed by atoms with Gasteiger partial charge in [-0.25, -0.2) is 5.10 Å². The van der Waals surface area contributed by atoms with Crippen LogP contribution in [0.4, 0.5) is 0 Å². The lowest BCUT2D eigenvalue weighted by Crippen LogP contribution is -2.46. The summed E-state index contributed by atoms with van der Waals surface area (Å²) in [4.78, 5) is 36.9. The second-order valence-corrected chi connectivity index (χ2v) is 6.36. The quantitative estimate of drug-likeness (QED) is 0.771. The van der Waals surface area contributed by atoms with Gasteiger partial charge in [-0.15, -0.1) is 0 Å². The van der Waals surface area contributed by atoms with Crippen molar-refractivity contribution >= 4 is 11.7 Å². The van der Waals surface area contributed by atoms with E-state index in [9.17, 15) is 14.4 Å². The molecule has 1 fully saturated rings. The van der Waals surface area contributed by atoms with Crippen LogP contribution in [0.5, 0.6) is 0 Å². The molecule has 1 aromatic heterocycles. The highest BCUT2D eigenvalue weighted by atomic mass is 16.2. The lowest BCUT2D eigenvalue weighted by molar-refractivity contribution is -0.133. The topological polar surface area (TPSA) is 109 Å². The minimum absolute atomic E-state index is 0.00961. The number of nitrogens with zero attached hydrogens (tertiary/aromatic N) is 2. The number of rotatable bonds is 5. The number of hydrogen-bond donors (Lipinski definition) is 2. The first kappa shape index (κ1) is 17.3. The van der Waals surface area contributed by atoms with Crippen LogP contribution in [-0.4, -0.2) is 45.9 Å². The Hall–Kier alpha value is -2.02. The molecule has 126 valence electrons. The number of amides is 1. The van der Waals surface area contributed by atoms with E-state index in [1.165, 1.54) is 12.1 Å². The van der Waals surface area contributed by atoms with E-state index in [1.807, 2.05) is 0 Å². The van der Waals surface area contributed by atoms with Crippen LogP contribution < -0.4 is 11.3 Å². The van der Waals surface area contributed by atoms with Crippen LogP contribution in [0.2, 0.25) is 0 Å². The summed E-state index contributed by atoms with van der Waals surface area (Å²) in [5, 5.41) is 6.06. The van der Waals surface area contributed by atoms with Gasteiger partial charge in [0.1, 0.15) is 5.69 Å². The van der Waals surface area contributed by atoms with Gasteiger partial charge >= 0.3 is 0 Å². The maximum absolute atomic E-state index is 12.2. The first-order valence-corrected chi connectivity index (χ1v) is 8.01. The van der Waals surface area contributed by atoms with E-state index >= 15 is 0 Å². The zero-order valence-electron chi connectivity index (χ0n) is 13.6. The van der Waals surface area contributed by atoms with Crippen molar-refractivity contribution in [1.29, 1.82) is 0 Å². The van der Waals surface area contributed by atoms with Gasteiger partial charge in [-0.05, 0) is 37.7 Å². The largest absolute Gasteiger partial charge is 0.341 e. The second-order valence-electron chi connectivity index (χ2n) is 6.36.